The Morgan fingerprint density at radius 1 is 1.52 bits per heavy atom. The number of hydrogen-bond donors (Lipinski definition) is 2. The van der Waals surface area contributed by atoms with Crippen LogP contribution < -0.4 is 10.6 Å². The van der Waals surface area contributed by atoms with Crippen molar-refractivity contribution in [1.29, 1.82) is 0 Å². The second-order valence-electron chi connectivity index (χ2n) is 5.57. The zero-order chi connectivity index (χ0) is 14.4. The van der Waals surface area contributed by atoms with Crippen LogP contribution in [0.15, 0.2) is 18.5 Å². The van der Waals surface area contributed by atoms with Gasteiger partial charge < -0.3 is 15.4 Å². The minimum atomic E-state index is -0.151. The highest BCUT2D eigenvalue weighted by atomic mass is 16.5. The lowest BCUT2D eigenvalue weighted by molar-refractivity contribution is -0.000686. The van der Waals surface area contributed by atoms with Crippen LogP contribution in [-0.4, -0.2) is 46.3 Å². The smallest absolute Gasteiger partial charge is 0.271 e. The van der Waals surface area contributed by atoms with E-state index in [-0.39, 0.29) is 18.1 Å². The third kappa shape index (κ3) is 1.88. The normalized spacial score (nSPS) is 27.2. The van der Waals surface area contributed by atoms with Gasteiger partial charge in [0.2, 0.25) is 0 Å². The molecule has 1 saturated carbocycles. The van der Waals surface area contributed by atoms with Gasteiger partial charge in [-0.1, -0.05) is 0 Å². The van der Waals surface area contributed by atoms with Crippen LogP contribution in [0.5, 0.6) is 0 Å². The van der Waals surface area contributed by atoms with E-state index >= 15 is 0 Å². The quantitative estimate of drug-likeness (QED) is 0.867. The van der Waals surface area contributed by atoms with Gasteiger partial charge in [-0.3, -0.25) is 4.79 Å². The van der Waals surface area contributed by atoms with E-state index in [1.54, 1.807) is 16.9 Å². The average molecular weight is 287 g/mol. The Labute approximate surface area is 121 Å². The number of nitrogens with zero attached hydrogens (tertiary/aromatic N) is 3. The zero-order valence-electron chi connectivity index (χ0n) is 11.7. The SMILES string of the molecule is CNc1ccnn2c(C(=O)N[C@@H]3C[C@H]4CCO[C@H]43)cnc12. The first kappa shape index (κ1) is 12.6. The summed E-state index contributed by atoms with van der Waals surface area (Å²) in [4.78, 5) is 16.7. The average Bonchev–Trinajstić information content (AvgIpc) is 3.07. The summed E-state index contributed by atoms with van der Waals surface area (Å²) in [5.74, 6) is 0.466. The summed E-state index contributed by atoms with van der Waals surface area (Å²) < 4.78 is 7.21. The van der Waals surface area contributed by atoms with Gasteiger partial charge in [0, 0.05) is 13.7 Å². The fourth-order valence-corrected chi connectivity index (χ4v) is 3.25. The number of nitrogens with one attached hydrogen (secondary N) is 2. The van der Waals surface area contributed by atoms with E-state index in [9.17, 15) is 4.79 Å². The second-order valence-corrected chi connectivity index (χ2v) is 5.57. The molecule has 1 saturated heterocycles. The third-order valence-electron chi connectivity index (χ3n) is 4.44. The molecule has 2 aliphatic rings. The van der Waals surface area contributed by atoms with Gasteiger partial charge in [0.15, 0.2) is 11.3 Å². The Morgan fingerprint density at radius 2 is 2.43 bits per heavy atom. The number of rotatable bonds is 3. The van der Waals surface area contributed by atoms with Gasteiger partial charge in [0.25, 0.3) is 5.91 Å². The molecule has 0 bridgehead atoms. The molecule has 1 amide bonds. The van der Waals surface area contributed by atoms with Crippen LogP contribution in [0.4, 0.5) is 5.69 Å². The predicted molar refractivity (Wildman–Crippen MR) is 76.3 cm³/mol. The maximum Gasteiger partial charge on any atom is 0.271 e. The number of fused-ring (bicyclic) bond motifs is 2. The summed E-state index contributed by atoms with van der Waals surface area (Å²) in [5.41, 5.74) is 1.93. The molecule has 0 spiro atoms. The largest absolute Gasteiger partial charge is 0.385 e. The number of hydrogen-bond acceptors (Lipinski definition) is 5. The fraction of sp³-hybridized carbons (Fsp3) is 0.500. The van der Waals surface area contributed by atoms with Gasteiger partial charge in [-0.2, -0.15) is 5.10 Å². The van der Waals surface area contributed by atoms with E-state index in [1.807, 2.05) is 13.1 Å². The van der Waals surface area contributed by atoms with E-state index in [0.717, 1.165) is 25.1 Å². The molecule has 2 fully saturated rings. The lowest BCUT2D eigenvalue weighted by Gasteiger charge is -2.39. The van der Waals surface area contributed by atoms with Gasteiger partial charge in [-0.25, -0.2) is 9.50 Å². The van der Waals surface area contributed by atoms with Crippen molar-refractivity contribution in [3.05, 3.63) is 24.2 Å². The monoisotopic (exact) mass is 287 g/mol. The summed E-state index contributed by atoms with van der Waals surface area (Å²) in [7, 11) is 1.82. The van der Waals surface area contributed by atoms with Crippen molar-refractivity contribution < 1.29 is 9.53 Å². The van der Waals surface area contributed by atoms with Crippen molar-refractivity contribution >= 4 is 17.2 Å². The van der Waals surface area contributed by atoms with Crippen molar-refractivity contribution in [2.75, 3.05) is 19.0 Å². The molecular formula is C14H17N5O2. The van der Waals surface area contributed by atoms with Crippen LogP contribution in [0.25, 0.3) is 5.65 Å². The molecule has 1 aliphatic carbocycles. The summed E-state index contributed by atoms with van der Waals surface area (Å²) in [6.07, 6.45) is 5.51. The first-order valence-corrected chi connectivity index (χ1v) is 7.21. The number of anilines is 1. The number of imidazole rings is 1. The lowest BCUT2D eigenvalue weighted by atomic mass is 9.77. The number of ether oxygens (including phenoxy) is 1. The Morgan fingerprint density at radius 3 is 3.24 bits per heavy atom. The molecular weight excluding hydrogens is 270 g/mol. The highest BCUT2D eigenvalue weighted by Gasteiger charge is 2.46. The number of aromatic nitrogens is 3. The van der Waals surface area contributed by atoms with Gasteiger partial charge >= 0.3 is 0 Å². The summed E-state index contributed by atoms with van der Waals surface area (Å²) >= 11 is 0. The van der Waals surface area contributed by atoms with E-state index in [1.165, 1.54) is 0 Å². The molecule has 2 aromatic rings. The van der Waals surface area contributed by atoms with Crippen molar-refractivity contribution in [2.45, 2.75) is 25.0 Å². The molecule has 110 valence electrons. The Balaban J connectivity index is 1.57. The van der Waals surface area contributed by atoms with Gasteiger partial charge in [-0.05, 0) is 24.8 Å². The van der Waals surface area contributed by atoms with Crippen LogP contribution in [0.3, 0.4) is 0 Å². The molecule has 0 unspecified atom stereocenters. The third-order valence-corrected chi connectivity index (χ3v) is 4.44. The highest BCUT2D eigenvalue weighted by molar-refractivity contribution is 5.94. The highest BCUT2D eigenvalue weighted by Crippen LogP contribution is 2.38. The molecule has 7 heteroatoms. The fourth-order valence-electron chi connectivity index (χ4n) is 3.25. The first-order chi connectivity index (χ1) is 10.3. The topological polar surface area (TPSA) is 80.6 Å². The van der Waals surface area contributed by atoms with Crippen molar-refractivity contribution in [2.24, 2.45) is 5.92 Å². The minimum absolute atomic E-state index is 0.114. The zero-order valence-corrected chi connectivity index (χ0v) is 11.7. The Bertz CT molecular complexity index is 698. The van der Waals surface area contributed by atoms with Crippen LogP contribution in [0, 0.1) is 5.92 Å². The van der Waals surface area contributed by atoms with Crippen molar-refractivity contribution in [1.82, 2.24) is 19.9 Å². The van der Waals surface area contributed by atoms with Gasteiger partial charge in [-0.15, -0.1) is 0 Å². The summed E-state index contributed by atoms with van der Waals surface area (Å²) in [5, 5.41) is 10.3. The van der Waals surface area contributed by atoms with Crippen LogP contribution in [-0.2, 0) is 4.74 Å². The number of carbonyl (C=O) groups excluding carboxylic acids is 1. The molecule has 3 heterocycles. The van der Waals surface area contributed by atoms with Crippen LogP contribution >= 0.6 is 0 Å². The molecule has 3 atom stereocenters. The van der Waals surface area contributed by atoms with E-state index in [2.05, 4.69) is 20.7 Å². The minimum Gasteiger partial charge on any atom is -0.385 e. The van der Waals surface area contributed by atoms with E-state index < -0.39 is 0 Å². The maximum absolute atomic E-state index is 12.4. The number of carbonyl (C=O) groups is 1. The molecule has 2 aromatic heterocycles. The molecule has 0 aromatic carbocycles. The Hall–Kier alpha value is -2.15. The van der Waals surface area contributed by atoms with Crippen molar-refractivity contribution in [3.63, 3.8) is 0 Å². The molecule has 7 nitrogen and oxygen atoms in total. The summed E-state index contributed by atoms with van der Waals surface area (Å²) in [6, 6.07) is 1.94. The molecule has 2 N–H and O–H groups in total. The predicted octanol–water partition coefficient (Wildman–Crippen LogP) is 0.678. The van der Waals surface area contributed by atoms with Gasteiger partial charge in [0.1, 0.15) is 0 Å². The van der Waals surface area contributed by atoms with Crippen LogP contribution in [0.2, 0.25) is 0 Å². The van der Waals surface area contributed by atoms with E-state index in [4.69, 9.17) is 4.74 Å². The number of amides is 1. The van der Waals surface area contributed by atoms with Crippen molar-refractivity contribution in [3.8, 4) is 0 Å². The summed E-state index contributed by atoms with van der Waals surface area (Å²) in [6.45, 7) is 0.810. The van der Waals surface area contributed by atoms with Gasteiger partial charge in [0.05, 0.1) is 30.2 Å². The second kappa shape index (κ2) is 4.70. The standard InChI is InChI=1S/C14H17N5O2/c1-15-9-2-4-17-19-11(7-16-13(9)19)14(20)18-10-6-8-3-5-21-12(8)10/h2,4,7-8,10,12,15H,3,5-6H2,1H3,(H,18,20)/t8-,10-,12-/m1/s1. The molecule has 0 radical (unpaired) electrons. The van der Waals surface area contributed by atoms with Crippen LogP contribution in [0.1, 0.15) is 23.3 Å². The Kier molecular flexibility index (Phi) is 2.81. The first-order valence-electron chi connectivity index (χ1n) is 7.21. The lowest BCUT2D eigenvalue weighted by Crippen LogP contribution is -2.54. The maximum atomic E-state index is 12.4. The molecule has 1 aliphatic heterocycles. The molecule has 21 heavy (non-hydrogen) atoms. The van der Waals surface area contributed by atoms with E-state index in [0.29, 0.717) is 17.3 Å². The molecule has 4 rings (SSSR count).